The second kappa shape index (κ2) is 9.42. The highest BCUT2D eigenvalue weighted by molar-refractivity contribution is 6.08. The van der Waals surface area contributed by atoms with Crippen molar-refractivity contribution in [2.24, 2.45) is 16.9 Å². The molecule has 1 heterocycles. The number of rotatable bonds is 7. The van der Waals surface area contributed by atoms with Crippen molar-refractivity contribution in [3.63, 3.8) is 0 Å². The minimum absolute atomic E-state index is 0.0342. The summed E-state index contributed by atoms with van der Waals surface area (Å²) in [6, 6.07) is 12.7. The van der Waals surface area contributed by atoms with Gasteiger partial charge in [-0.3, -0.25) is 9.59 Å². The van der Waals surface area contributed by atoms with Gasteiger partial charge in [0.05, 0.1) is 32.6 Å². The molecule has 4 rings (SSSR count). The first-order valence-corrected chi connectivity index (χ1v) is 10.9. The van der Waals surface area contributed by atoms with Gasteiger partial charge in [-0.2, -0.15) is 5.10 Å². The molecule has 7 nitrogen and oxygen atoms in total. The van der Waals surface area contributed by atoms with Crippen LogP contribution >= 0.6 is 0 Å². The number of carbonyl (C=O) groups is 2. The summed E-state index contributed by atoms with van der Waals surface area (Å²) in [6.45, 7) is -0.126. The molecule has 0 aromatic heterocycles. The molecular formula is C25H28N2O5. The summed E-state index contributed by atoms with van der Waals surface area (Å²) in [7, 11) is 4.71. The van der Waals surface area contributed by atoms with E-state index >= 15 is 0 Å². The first-order chi connectivity index (χ1) is 15.6. The zero-order chi connectivity index (χ0) is 22.7. The van der Waals surface area contributed by atoms with Crippen LogP contribution in [0.1, 0.15) is 41.6 Å². The second-order valence-electron chi connectivity index (χ2n) is 8.07. The van der Waals surface area contributed by atoms with Gasteiger partial charge in [-0.15, -0.1) is 0 Å². The van der Waals surface area contributed by atoms with E-state index in [0.717, 1.165) is 37.0 Å². The SMILES string of the molecule is COc1ccc(C2=NN(CC(=O)c3ccccc3OC)C(=O)[C@H]3CCCC[C@@H]23)cc1OC. The maximum atomic E-state index is 13.3. The van der Waals surface area contributed by atoms with E-state index in [0.29, 0.717) is 22.8 Å². The Balaban J connectivity index is 1.71. The van der Waals surface area contributed by atoms with Gasteiger partial charge in [0.25, 0.3) is 0 Å². The van der Waals surface area contributed by atoms with Crippen LogP contribution in [0.2, 0.25) is 0 Å². The number of hydrazone groups is 1. The number of ketones is 1. The first kappa shape index (κ1) is 21.9. The van der Waals surface area contributed by atoms with E-state index in [1.54, 1.807) is 32.4 Å². The fraction of sp³-hybridized carbons (Fsp3) is 0.400. The molecule has 2 aromatic carbocycles. The van der Waals surface area contributed by atoms with Crippen molar-refractivity contribution in [3.05, 3.63) is 53.6 Å². The van der Waals surface area contributed by atoms with Crippen LogP contribution in [-0.4, -0.2) is 50.3 Å². The minimum atomic E-state index is -0.208. The lowest BCUT2D eigenvalue weighted by Crippen LogP contribution is -2.47. The lowest BCUT2D eigenvalue weighted by Gasteiger charge is -2.38. The number of Topliss-reactive ketones (excluding diaryl/α,β-unsaturated/α-hetero) is 1. The van der Waals surface area contributed by atoms with Gasteiger partial charge in [-0.25, -0.2) is 5.01 Å². The smallest absolute Gasteiger partial charge is 0.246 e. The van der Waals surface area contributed by atoms with E-state index in [4.69, 9.17) is 19.3 Å². The Labute approximate surface area is 188 Å². The molecule has 1 fully saturated rings. The van der Waals surface area contributed by atoms with Crippen molar-refractivity contribution in [2.75, 3.05) is 27.9 Å². The summed E-state index contributed by atoms with van der Waals surface area (Å²) in [5.41, 5.74) is 2.14. The van der Waals surface area contributed by atoms with Crippen LogP contribution in [0.15, 0.2) is 47.6 Å². The lowest BCUT2D eigenvalue weighted by molar-refractivity contribution is -0.138. The minimum Gasteiger partial charge on any atom is -0.496 e. The third-order valence-corrected chi connectivity index (χ3v) is 6.30. The highest BCUT2D eigenvalue weighted by Gasteiger charge is 2.42. The normalized spacial score (nSPS) is 20.3. The van der Waals surface area contributed by atoms with Crippen LogP contribution < -0.4 is 14.2 Å². The van der Waals surface area contributed by atoms with E-state index in [1.165, 1.54) is 12.1 Å². The average molecular weight is 437 g/mol. The maximum absolute atomic E-state index is 13.3. The summed E-state index contributed by atoms with van der Waals surface area (Å²) in [4.78, 5) is 26.3. The lowest BCUT2D eigenvalue weighted by atomic mass is 9.73. The summed E-state index contributed by atoms with van der Waals surface area (Å²) in [6.07, 6.45) is 3.76. The molecule has 0 bridgehead atoms. The fourth-order valence-electron chi connectivity index (χ4n) is 4.68. The number of hydrogen-bond acceptors (Lipinski definition) is 6. The van der Waals surface area contributed by atoms with E-state index in [-0.39, 0.29) is 30.1 Å². The van der Waals surface area contributed by atoms with Gasteiger partial charge in [0.1, 0.15) is 12.3 Å². The molecule has 0 saturated heterocycles. The third kappa shape index (κ3) is 4.07. The Kier molecular flexibility index (Phi) is 6.44. The van der Waals surface area contributed by atoms with Gasteiger partial charge in [-0.05, 0) is 43.2 Å². The Morgan fingerprint density at radius 2 is 1.62 bits per heavy atom. The predicted octanol–water partition coefficient (Wildman–Crippen LogP) is 3.95. The molecule has 0 radical (unpaired) electrons. The summed E-state index contributed by atoms with van der Waals surface area (Å²) in [5.74, 6) is 1.30. The fourth-order valence-corrected chi connectivity index (χ4v) is 4.68. The Hall–Kier alpha value is -3.35. The van der Waals surface area contributed by atoms with Crippen molar-refractivity contribution in [1.29, 1.82) is 0 Å². The third-order valence-electron chi connectivity index (χ3n) is 6.30. The summed E-state index contributed by atoms with van der Waals surface area (Å²) < 4.78 is 16.2. The van der Waals surface area contributed by atoms with Gasteiger partial charge in [0.15, 0.2) is 17.3 Å². The molecule has 2 atom stereocenters. The van der Waals surface area contributed by atoms with E-state index < -0.39 is 0 Å². The number of amides is 1. The van der Waals surface area contributed by atoms with Crippen molar-refractivity contribution in [2.45, 2.75) is 25.7 Å². The Bertz CT molecular complexity index is 1050. The van der Waals surface area contributed by atoms with E-state index in [1.807, 2.05) is 24.3 Å². The quantitative estimate of drug-likeness (QED) is 0.614. The molecule has 1 aliphatic heterocycles. The molecule has 1 saturated carbocycles. The number of para-hydroxylation sites is 1. The number of nitrogens with zero attached hydrogens (tertiary/aromatic N) is 2. The summed E-state index contributed by atoms with van der Waals surface area (Å²) >= 11 is 0. The van der Waals surface area contributed by atoms with Crippen molar-refractivity contribution < 1.29 is 23.8 Å². The molecule has 1 aliphatic carbocycles. The molecule has 2 aromatic rings. The molecule has 0 unspecified atom stereocenters. The topological polar surface area (TPSA) is 77.4 Å². The molecular weight excluding hydrogens is 408 g/mol. The zero-order valence-electron chi connectivity index (χ0n) is 18.7. The van der Waals surface area contributed by atoms with Gasteiger partial charge in [0.2, 0.25) is 5.91 Å². The van der Waals surface area contributed by atoms with Crippen molar-refractivity contribution in [1.82, 2.24) is 5.01 Å². The molecule has 2 aliphatic rings. The van der Waals surface area contributed by atoms with Gasteiger partial charge >= 0.3 is 0 Å². The van der Waals surface area contributed by atoms with E-state index in [9.17, 15) is 9.59 Å². The molecule has 0 N–H and O–H groups in total. The monoisotopic (exact) mass is 436 g/mol. The van der Waals surface area contributed by atoms with Crippen LogP contribution in [0.4, 0.5) is 0 Å². The molecule has 0 spiro atoms. The largest absolute Gasteiger partial charge is 0.496 e. The highest BCUT2D eigenvalue weighted by atomic mass is 16.5. The number of benzene rings is 2. The number of fused-ring (bicyclic) bond motifs is 1. The van der Waals surface area contributed by atoms with Gasteiger partial charge < -0.3 is 14.2 Å². The zero-order valence-corrected chi connectivity index (χ0v) is 18.7. The second-order valence-corrected chi connectivity index (χ2v) is 8.07. The molecule has 1 amide bonds. The van der Waals surface area contributed by atoms with Crippen LogP contribution in [0, 0.1) is 11.8 Å². The molecule has 168 valence electrons. The van der Waals surface area contributed by atoms with Crippen LogP contribution in [0.5, 0.6) is 17.2 Å². The highest BCUT2D eigenvalue weighted by Crippen LogP contribution is 2.39. The summed E-state index contributed by atoms with van der Waals surface area (Å²) in [5, 5.41) is 6.05. The Morgan fingerprint density at radius 3 is 2.34 bits per heavy atom. The average Bonchev–Trinajstić information content (AvgIpc) is 2.85. The maximum Gasteiger partial charge on any atom is 0.246 e. The van der Waals surface area contributed by atoms with Crippen molar-refractivity contribution >= 4 is 17.4 Å². The van der Waals surface area contributed by atoms with Crippen LogP contribution in [0.25, 0.3) is 0 Å². The van der Waals surface area contributed by atoms with Gasteiger partial charge in [0, 0.05) is 17.4 Å². The standard InChI is InChI=1S/C25H28N2O5/c1-30-21-11-7-6-10-19(21)20(28)15-27-25(29)18-9-5-4-8-17(18)24(26-27)16-12-13-22(31-2)23(14-16)32-3/h6-7,10-14,17-18H,4-5,8-9,15H2,1-3H3/t17-,18+/m1/s1. The molecule has 32 heavy (non-hydrogen) atoms. The predicted molar refractivity (Wildman–Crippen MR) is 121 cm³/mol. The number of carbonyl (C=O) groups excluding carboxylic acids is 2. The van der Waals surface area contributed by atoms with Gasteiger partial charge in [-0.1, -0.05) is 25.0 Å². The van der Waals surface area contributed by atoms with Crippen LogP contribution in [-0.2, 0) is 4.79 Å². The number of ether oxygens (including phenoxy) is 3. The first-order valence-electron chi connectivity index (χ1n) is 10.9. The van der Waals surface area contributed by atoms with E-state index in [2.05, 4.69) is 0 Å². The Morgan fingerprint density at radius 1 is 0.938 bits per heavy atom. The number of hydrogen-bond donors (Lipinski definition) is 0. The number of methoxy groups -OCH3 is 3. The molecule has 7 heteroatoms. The van der Waals surface area contributed by atoms with Crippen LogP contribution in [0.3, 0.4) is 0 Å². The van der Waals surface area contributed by atoms with Crippen molar-refractivity contribution in [3.8, 4) is 17.2 Å².